The quantitative estimate of drug-likeness (QED) is 0.509. The summed E-state index contributed by atoms with van der Waals surface area (Å²) in [5.74, 6) is 1.04. The highest BCUT2D eigenvalue weighted by Gasteiger charge is 2.18. The number of rotatable bonds is 6. The second-order valence-electron chi connectivity index (χ2n) is 7.10. The number of imidazole rings is 1. The van der Waals surface area contributed by atoms with Gasteiger partial charge in [0.25, 0.3) is 0 Å². The smallest absolute Gasteiger partial charge is 0.118 e. The van der Waals surface area contributed by atoms with E-state index in [0.29, 0.717) is 0 Å². The van der Waals surface area contributed by atoms with Crippen molar-refractivity contribution >= 4 is 0 Å². The number of hydrogen-bond acceptors (Lipinski definition) is 3. The first kappa shape index (κ1) is 18.0. The SMILES string of the molecule is COc1ccc(C(Cc2cccc(-c3cnn(C)c3)c2)c2cn(C)cn2)cc1. The molecule has 0 spiro atoms. The predicted octanol–water partition coefficient (Wildman–Crippen LogP) is 4.20. The molecule has 0 aliphatic rings. The average molecular weight is 372 g/mol. The first-order chi connectivity index (χ1) is 13.6. The molecule has 2 aromatic carbocycles. The number of nitrogens with zero attached hydrogens (tertiary/aromatic N) is 4. The zero-order valence-corrected chi connectivity index (χ0v) is 16.4. The van der Waals surface area contributed by atoms with E-state index < -0.39 is 0 Å². The molecule has 2 aromatic heterocycles. The van der Waals surface area contributed by atoms with Crippen LogP contribution in [-0.2, 0) is 20.5 Å². The Bertz CT molecular complexity index is 1060. The van der Waals surface area contributed by atoms with Crippen molar-refractivity contribution in [1.29, 1.82) is 0 Å². The fraction of sp³-hybridized carbons (Fsp3) is 0.217. The highest BCUT2D eigenvalue weighted by molar-refractivity contribution is 5.62. The molecule has 0 amide bonds. The lowest BCUT2D eigenvalue weighted by Gasteiger charge is -2.17. The van der Waals surface area contributed by atoms with Gasteiger partial charge in [0, 0.05) is 38.0 Å². The summed E-state index contributed by atoms with van der Waals surface area (Å²) in [4.78, 5) is 4.63. The summed E-state index contributed by atoms with van der Waals surface area (Å²) < 4.78 is 9.14. The van der Waals surface area contributed by atoms with E-state index >= 15 is 0 Å². The molecule has 142 valence electrons. The lowest BCUT2D eigenvalue weighted by atomic mass is 9.88. The number of methoxy groups -OCH3 is 1. The maximum Gasteiger partial charge on any atom is 0.118 e. The van der Waals surface area contributed by atoms with Gasteiger partial charge in [0.2, 0.25) is 0 Å². The van der Waals surface area contributed by atoms with Crippen molar-refractivity contribution in [3.05, 3.63) is 90.3 Å². The molecule has 5 nitrogen and oxygen atoms in total. The molecule has 5 heteroatoms. The van der Waals surface area contributed by atoms with Gasteiger partial charge in [0.1, 0.15) is 5.75 Å². The Balaban J connectivity index is 1.67. The summed E-state index contributed by atoms with van der Waals surface area (Å²) in [5, 5.41) is 4.29. The molecular weight excluding hydrogens is 348 g/mol. The van der Waals surface area contributed by atoms with Gasteiger partial charge in [-0.05, 0) is 35.2 Å². The Morgan fingerprint density at radius 1 is 1.00 bits per heavy atom. The van der Waals surface area contributed by atoms with Gasteiger partial charge >= 0.3 is 0 Å². The van der Waals surface area contributed by atoms with Crippen molar-refractivity contribution < 1.29 is 4.74 Å². The van der Waals surface area contributed by atoms with E-state index in [2.05, 4.69) is 52.7 Å². The maximum absolute atomic E-state index is 5.32. The van der Waals surface area contributed by atoms with Crippen LogP contribution in [0.2, 0.25) is 0 Å². The summed E-state index contributed by atoms with van der Waals surface area (Å²) in [6, 6.07) is 16.9. The third-order valence-electron chi connectivity index (χ3n) is 5.01. The Morgan fingerprint density at radius 3 is 2.46 bits per heavy atom. The minimum absolute atomic E-state index is 0.177. The molecule has 0 aliphatic carbocycles. The predicted molar refractivity (Wildman–Crippen MR) is 110 cm³/mol. The standard InChI is InChI=1S/C23H24N4O/c1-26-15-23(24-16-26)22(18-7-9-21(28-3)10-8-18)12-17-5-4-6-19(11-17)20-13-25-27(2)14-20/h4-11,13-16,22H,12H2,1-3H3. The van der Waals surface area contributed by atoms with Crippen LogP contribution >= 0.6 is 0 Å². The van der Waals surface area contributed by atoms with Gasteiger partial charge in [-0.15, -0.1) is 0 Å². The minimum atomic E-state index is 0.177. The van der Waals surface area contributed by atoms with E-state index in [4.69, 9.17) is 4.74 Å². The lowest BCUT2D eigenvalue weighted by molar-refractivity contribution is 0.414. The fourth-order valence-corrected chi connectivity index (χ4v) is 3.53. The third kappa shape index (κ3) is 3.83. The molecule has 0 N–H and O–H groups in total. The molecule has 1 atom stereocenters. The number of benzene rings is 2. The first-order valence-corrected chi connectivity index (χ1v) is 9.32. The van der Waals surface area contributed by atoms with Gasteiger partial charge in [-0.1, -0.05) is 36.4 Å². The zero-order chi connectivity index (χ0) is 19.5. The largest absolute Gasteiger partial charge is 0.497 e. The van der Waals surface area contributed by atoms with Gasteiger partial charge in [0.05, 0.1) is 25.3 Å². The molecule has 28 heavy (non-hydrogen) atoms. The van der Waals surface area contributed by atoms with Crippen molar-refractivity contribution in [3.8, 4) is 16.9 Å². The second-order valence-corrected chi connectivity index (χ2v) is 7.10. The van der Waals surface area contributed by atoms with E-state index in [-0.39, 0.29) is 5.92 Å². The number of aryl methyl sites for hydroxylation is 2. The summed E-state index contributed by atoms with van der Waals surface area (Å²) in [7, 11) is 5.63. The van der Waals surface area contributed by atoms with E-state index in [1.807, 2.05) is 54.2 Å². The molecule has 0 aliphatic heterocycles. The highest BCUT2D eigenvalue weighted by Crippen LogP contribution is 2.30. The Kier molecular flexibility index (Phi) is 4.98. The molecule has 0 saturated carbocycles. The Labute approximate surface area is 165 Å². The lowest BCUT2D eigenvalue weighted by Crippen LogP contribution is -2.06. The number of aromatic nitrogens is 4. The van der Waals surface area contributed by atoms with Crippen LogP contribution in [0.3, 0.4) is 0 Å². The Morgan fingerprint density at radius 2 is 1.82 bits per heavy atom. The van der Waals surface area contributed by atoms with Crippen LogP contribution in [0.15, 0.2) is 73.4 Å². The van der Waals surface area contributed by atoms with Crippen LogP contribution < -0.4 is 4.74 Å². The number of hydrogen-bond donors (Lipinski definition) is 0. The van der Waals surface area contributed by atoms with Crippen molar-refractivity contribution in [2.24, 2.45) is 14.1 Å². The van der Waals surface area contributed by atoms with Crippen molar-refractivity contribution in [1.82, 2.24) is 19.3 Å². The summed E-state index contributed by atoms with van der Waals surface area (Å²) in [5.41, 5.74) is 5.88. The summed E-state index contributed by atoms with van der Waals surface area (Å²) in [6.07, 6.45) is 8.77. The van der Waals surface area contributed by atoms with E-state index in [1.54, 1.807) is 7.11 Å². The molecule has 4 aromatic rings. The zero-order valence-electron chi connectivity index (χ0n) is 16.4. The maximum atomic E-state index is 5.32. The molecule has 0 saturated heterocycles. The molecular formula is C23H24N4O. The normalized spacial score (nSPS) is 12.1. The molecule has 0 radical (unpaired) electrons. The average Bonchev–Trinajstić information content (AvgIpc) is 3.35. The molecule has 2 heterocycles. The molecule has 0 fully saturated rings. The highest BCUT2D eigenvalue weighted by atomic mass is 16.5. The molecule has 4 rings (SSSR count). The summed E-state index contributed by atoms with van der Waals surface area (Å²) >= 11 is 0. The van der Waals surface area contributed by atoms with Crippen LogP contribution in [0.5, 0.6) is 5.75 Å². The van der Waals surface area contributed by atoms with Crippen LogP contribution in [0, 0.1) is 0 Å². The topological polar surface area (TPSA) is 44.9 Å². The van der Waals surface area contributed by atoms with Crippen molar-refractivity contribution in [2.75, 3.05) is 7.11 Å². The third-order valence-corrected chi connectivity index (χ3v) is 5.01. The van der Waals surface area contributed by atoms with Crippen LogP contribution in [-0.4, -0.2) is 26.4 Å². The second kappa shape index (κ2) is 7.72. The van der Waals surface area contributed by atoms with Crippen LogP contribution in [0.25, 0.3) is 11.1 Å². The fourth-order valence-electron chi connectivity index (χ4n) is 3.53. The van der Waals surface area contributed by atoms with Gasteiger partial charge < -0.3 is 9.30 Å². The molecule has 1 unspecified atom stereocenters. The minimum Gasteiger partial charge on any atom is -0.497 e. The van der Waals surface area contributed by atoms with E-state index in [9.17, 15) is 0 Å². The summed E-state index contributed by atoms with van der Waals surface area (Å²) in [6.45, 7) is 0. The van der Waals surface area contributed by atoms with Gasteiger partial charge in [-0.25, -0.2) is 4.98 Å². The van der Waals surface area contributed by atoms with Crippen molar-refractivity contribution in [3.63, 3.8) is 0 Å². The van der Waals surface area contributed by atoms with E-state index in [1.165, 1.54) is 16.7 Å². The molecule has 0 bridgehead atoms. The first-order valence-electron chi connectivity index (χ1n) is 9.32. The number of ether oxygens (including phenoxy) is 1. The van der Waals surface area contributed by atoms with Gasteiger partial charge in [-0.2, -0.15) is 5.10 Å². The van der Waals surface area contributed by atoms with Crippen LogP contribution in [0.1, 0.15) is 22.7 Å². The Hall–Kier alpha value is -3.34. The monoisotopic (exact) mass is 372 g/mol. The van der Waals surface area contributed by atoms with Gasteiger partial charge in [0.15, 0.2) is 0 Å². The van der Waals surface area contributed by atoms with Crippen LogP contribution in [0.4, 0.5) is 0 Å². The van der Waals surface area contributed by atoms with E-state index in [0.717, 1.165) is 23.4 Å². The van der Waals surface area contributed by atoms with Gasteiger partial charge in [-0.3, -0.25) is 4.68 Å². The van der Waals surface area contributed by atoms with Crippen molar-refractivity contribution in [2.45, 2.75) is 12.3 Å².